The molecule has 0 bridgehead atoms. The van der Waals surface area contributed by atoms with Gasteiger partial charge < -0.3 is 14.6 Å². The van der Waals surface area contributed by atoms with E-state index in [1.54, 1.807) is 35.3 Å². The zero-order valence-electron chi connectivity index (χ0n) is 11.8. The van der Waals surface area contributed by atoms with Gasteiger partial charge in [0, 0.05) is 13.1 Å². The normalized spacial score (nSPS) is 14.5. The lowest BCUT2D eigenvalue weighted by Crippen LogP contribution is -2.34. The number of benzene rings is 1. The molecule has 1 aromatic carbocycles. The van der Waals surface area contributed by atoms with Gasteiger partial charge in [0.25, 0.3) is 0 Å². The molecule has 1 aromatic rings. The van der Waals surface area contributed by atoms with Crippen molar-refractivity contribution >= 4 is 5.97 Å². The number of carbonyl (C=O) groups is 1. The van der Waals surface area contributed by atoms with Crippen LogP contribution < -0.4 is 9.47 Å². The van der Waals surface area contributed by atoms with E-state index in [9.17, 15) is 9.90 Å². The molecule has 1 aliphatic heterocycles. The van der Waals surface area contributed by atoms with E-state index in [4.69, 9.17) is 9.47 Å². The molecular formula is C16H19NO4. The molecular weight excluding hydrogens is 270 g/mol. The Kier molecular flexibility index (Phi) is 5.00. The smallest absolute Gasteiger partial charge is 0.325 e. The Morgan fingerprint density at radius 1 is 1.24 bits per heavy atom. The summed E-state index contributed by atoms with van der Waals surface area (Å²) in [5.74, 6) is 0.311. The highest BCUT2D eigenvalue weighted by Gasteiger charge is 2.27. The summed E-state index contributed by atoms with van der Waals surface area (Å²) >= 11 is 0. The number of ether oxygens (including phenoxy) is 2. The molecule has 1 N–H and O–H groups in total. The van der Waals surface area contributed by atoms with Gasteiger partial charge in [-0.2, -0.15) is 0 Å². The summed E-state index contributed by atoms with van der Waals surface area (Å²) in [4.78, 5) is 13.4. The van der Waals surface area contributed by atoms with E-state index in [0.29, 0.717) is 43.4 Å². The van der Waals surface area contributed by atoms with E-state index >= 15 is 0 Å². The molecule has 112 valence electrons. The summed E-state index contributed by atoms with van der Waals surface area (Å²) in [5.41, 5.74) is 0.649. The van der Waals surface area contributed by atoms with E-state index in [2.05, 4.69) is 13.2 Å². The zero-order chi connectivity index (χ0) is 15.2. The minimum absolute atomic E-state index is 0.456. The summed E-state index contributed by atoms with van der Waals surface area (Å²) in [6.45, 7) is 9.24. The van der Waals surface area contributed by atoms with E-state index < -0.39 is 12.0 Å². The van der Waals surface area contributed by atoms with Crippen LogP contribution in [0.15, 0.2) is 43.5 Å². The third kappa shape index (κ3) is 3.44. The second kappa shape index (κ2) is 6.95. The van der Waals surface area contributed by atoms with Crippen LogP contribution in [0.2, 0.25) is 0 Å². The molecule has 0 saturated heterocycles. The molecule has 1 atom stereocenters. The number of carboxylic acids is 1. The number of aliphatic carboxylic acids is 1. The van der Waals surface area contributed by atoms with Crippen LogP contribution in [0.1, 0.15) is 11.6 Å². The summed E-state index contributed by atoms with van der Waals surface area (Å²) in [7, 11) is 0. The van der Waals surface area contributed by atoms with E-state index in [-0.39, 0.29) is 0 Å². The quantitative estimate of drug-likeness (QED) is 0.780. The van der Waals surface area contributed by atoms with Crippen LogP contribution in [0.25, 0.3) is 0 Å². The molecule has 1 unspecified atom stereocenters. The third-order valence-corrected chi connectivity index (χ3v) is 3.21. The molecule has 0 aromatic heterocycles. The van der Waals surface area contributed by atoms with Crippen LogP contribution in [0.4, 0.5) is 0 Å². The summed E-state index contributed by atoms with van der Waals surface area (Å²) < 4.78 is 11.0. The summed E-state index contributed by atoms with van der Waals surface area (Å²) in [6.07, 6.45) is 3.36. The van der Waals surface area contributed by atoms with Crippen LogP contribution in [0, 0.1) is 0 Å². The Labute approximate surface area is 124 Å². The fraction of sp³-hybridized carbons (Fsp3) is 0.312. The third-order valence-electron chi connectivity index (χ3n) is 3.21. The van der Waals surface area contributed by atoms with Crippen molar-refractivity contribution in [2.75, 3.05) is 26.3 Å². The molecule has 0 aliphatic carbocycles. The number of carboxylic acid groups (broad SMARTS) is 1. The van der Waals surface area contributed by atoms with Gasteiger partial charge in [-0.1, -0.05) is 18.2 Å². The minimum atomic E-state index is -0.921. The van der Waals surface area contributed by atoms with Crippen LogP contribution in [-0.2, 0) is 4.79 Å². The Hall–Kier alpha value is -2.27. The number of hydrogen-bond donors (Lipinski definition) is 1. The summed E-state index contributed by atoms with van der Waals surface area (Å²) in [5, 5.41) is 9.57. The van der Waals surface area contributed by atoms with Gasteiger partial charge in [0.15, 0.2) is 11.5 Å². The highest BCUT2D eigenvalue weighted by molar-refractivity contribution is 5.76. The van der Waals surface area contributed by atoms with Crippen molar-refractivity contribution in [3.05, 3.63) is 49.1 Å². The first kappa shape index (κ1) is 15.1. The number of hydrogen-bond acceptors (Lipinski definition) is 4. The van der Waals surface area contributed by atoms with Gasteiger partial charge in [0.05, 0.1) is 0 Å². The van der Waals surface area contributed by atoms with E-state index in [1.165, 1.54) is 0 Å². The van der Waals surface area contributed by atoms with Crippen molar-refractivity contribution in [2.45, 2.75) is 6.04 Å². The monoisotopic (exact) mass is 289 g/mol. The average molecular weight is 289 g/mol. The lowest BCUT2D eigenvalue weighted by Gasteiger charge is -2.28. The fourth-order valence-electron chi connectivity index (χ4n) is 2.36. The molecule has 1 heterocycles. The predicted molar refractivity (Wildman–Crippen MR) is 79.8 cm³/mol. The Balaban J connectivity index is 2.34. The molecule has 0 radical (unpaired) electrons. The predicted octanol–water partition coefficient (Wildman–Crippen LogP) is 2.26. The lowest BCUT2D eigenvalue weighted by molar-refractivity contribution is -0.143. The van der Waals surface area contributed by atoms with Crippen molar-refractivity contribution in [3.63, 3.8) is 0 Å². The van der Waals surface area contributed by atoms with Crippen LogP contribution >= 0.6 is 0 Å². The number of rotatable bonds is 7. The van der Waals surface area contributed by atoms with E-state index in [0.717, 1.165) is 0 Å². The molecule has 0 spiro atoms. The first-order valence-corrected chi connectivity index (χ1v) is 6.75. The topological polar surface area (TPSA) is 59.0 Å². The molecule has 1 aliphatic rings. The highest BCUT2D eigenvalue weighted by atomic mass is 16.6. The lowest BCUT2D eigenvalue weighted by atomic mass is 10.0. The van der Waals surface area contributed by atoms with Gasteiger partial charge in [-0.05, 0) is 17.7 Å². The SMILES string of the molecule is C=CCN(CC=C)C(C(=O)O)c1ccc2c(c1)OCCO2. The van der Waals surface area contributed by atoms with Crippen molar-refractivity contribution < 1.29 is 19.4 Å². The zero-order valence-corrected chi connectivity index (χ0v) is 11.8. The molecule has 0 fully saturated rings. The first-order valence-electron chi connectivity index (χ1n) is 6.75. The van der Waals surface area contributed by atoms with Gasteiger partial charge in [0.1, 0.15) is 19.3 Å². The van der Waals surface area contributed by atoms with Crippen LogP contribution in [0.5, 0.6) is 11.5 Å². The minimum Gasteiger partial charge on any atom is -0.486 e. The van der Waals surface area contributed by atoms with Crippen molar-refractivity contribution in [2.24, 2.45) is 0 Å². The van der Waals surface area contributed by atoms with Gasteiger partial charge in [-0.25, -0.2) is 0 Å². The standard InChI is InChI=1S/C16H19NO4/c1-3-7-17(8-4-2)15(16(18)19)12-5-6-13-14(11-12)21-10-9-20-13/h3-6,11,15H,1-2,7-10H2,(H,18,19). The Morgan fingerprint density at radius 2 is 1.86 bits per heavy atom. The molecule has 5 heteroatoms. The summed E-state index contributed by atoms with van der Waals surface area (Å²) in [6, 6.07) is 4.45. The average Bonchev–Trinajstić information content (AvgIpc) is 2.47. The van der Waals surface area contributed by atoms with Gasteiger partial charge in [-0.3, -0.25) is 9.69 Å². The van der Waals surface area contributed by atoms with Crippen LogP contribution in [0.3, 0.4) is 0 Å². The van der Waals surface area contributed by atoms with Crippen molar-refractivity contribution in [3.8, 4) is 11.5 Å². The maximum atomic E-state index is 11.7. The molecule has 5 nitrogen and oxygen atoms in total. The Bertz CT molecular complexity index is 531. The molecule has 0 amide bonds. The van der Waals surface area contributed by atoms with Crippen molar-refractivity contribution in [1.82, 2.24) is 4.90 Å². The highest BCUT2D eigenvalue weighted by Crippen LogP contribution is 2.34. The van der Waals surface area contributed by atoms with Gasteiger partial charge in [0.2, 0.25) is 0 Å². The maximum Gasteiger partial charge on any atom is 0.325 e. The van der Waals surface area contributed by atoms with Gasteiger partial charge in [-0.15, -0.1) is 13.2 Å². The fourth-order valence-corrected chi connectivity index (χ4v) is 2.36. The van der Waals surface area contributed by atoms with E-state index in [1.807, 2.05) is 0 Å². The first-order chi connectivity index (χ1) is 10.2. The van der Waals surface area contributed by atoms with Crippen molar-refractivity contribution in [1.29, 1.82) is 0 Å². The van der Waals surface area contributed by atoms with Crippen LogP contribution in [-0.4, -0.2) is 42.3 Å². The second-order valence-corrected chi connectivity index (χ2v) is 4.68. The maximum absolute atomic E-state index is 11.7. The molecule has 21 heavy (non-hydrogen) atoms. The molecule has 2 rings (SSSR count). The number of fused-ring (bicyclic) bond motifs is 1. The number of nitrogens with zero attached hydrogens (tertiary/aromatic N) is 1. The van der Waals surface area contributed by atoms with Gasteiger partial charge >= 0.3 is 5.97 Å². The second-order valence-electron chi connectivity index (χ2n) is 4.68. The Morgan fingerprint density at radius 3 is 2.43 bits per heavy atom. The molecule has 0 saturated carbocycles. The largest absolute Gasteiger partial charge is 0.486 e.